The Morgan fingerprint density at radius 3 is 0.800 bits per heavy atom. The molecular weight excluding hydrogens is 1130 g/mol. The number of aliphatic hydroxyl groups is 1. The Labute approximate surface area is 517 Å². The van der Waals surface area contributed by atoms with Crippen LogP contribution in [0.4, 0.5) is 0 Å². The number of phosphoric acid groups is 2. The lowest BCUT2D eigenvalue weighted by Crippen LogP contribution is -2.30. The molecule has 0 fully saturated rings. The van der Waals surface area contributed by atoms with E-state index in [2.05, 4.69) is 48.5 Å². The summed E-state index contributed by atoms with van der Waals surface area (Å²) in [5.74, 6) is -0.0567. The van der Waals surface area contributed by atoms with E-state index in [0.717, 1.165) is 103 Å². The smallest absolute Gasteiger partial charge is 0.462 e. The highest BCUT2D eigenvalue weighted by atomic mass is 31.2. The van der Waals surface area contributed by atoms with Gasteiger partial charge in [-0.15, -0.1) is 0 Å². The highest BCUT2D eigenvalue weighted by molar-refractivity contribution is 7.47. The fourth-order valence-corrected chi connectivity index (χ4v) is 11.4. The minimum absolute atomic E-state index is 0.102. The van der Waals surface area contributed by atoms with Gasteiger partial charge >= 0.3 is 39.5 Å². The van der Waals surface area contributed by atoms with Crippen LogP contribution in [-0.4, -0.2) is 96.7 Å². The van der Waals surface area contributed by atoms with Gasteiger partial charge in [0.2, 0.25) is 0 Å². The molecule has 0 heterocycles. The average Bonchev–Trinajstić information content (AvgIpc) is 3.56. The maximum atomic E-state index is 13.0. The molecule has 0 spiro atoms. The first-order valence-corrected chi connectivity index (χ1v) is 37.3. The zero-order valence-electron chi connectivity index (χ0n) is 55.1. The van der Waals surface area contributed by atoms with E-state index in [0.29, 0.717) is 43.4 Å². The summed E-state index contributed by atoms with van der Waals surface area (Å²) in [7, 11) is -9.89. The molecule has 5 atom stereocenters. The molecule has 0 radical (unpaired) electrons. The molecule has 3 N–H and O–H groups in total. The van der Waals surface area contributed by atoms with Crippen LogP contribution in [0.15, 0.2) is 0 Å². The van der Waals surface area contributed by atoms with Crippen molar-refractivity contribution in [2.75, 3.05) is 39.6 Å². The molecule has 0 amide bonds. The highest BCUT2D eigenvalue weighted by Gasteiger charge is 2.30. The van der Waals surface area contributed by atoms with E-state index >= 15 is 0 Å². The molecule has 0 aromatic heterocycles. The first-order valence-electron chi connectivity index (χ1n) is 34.3. The maximum absolute atomic E-state index is 13.0. The summed E-state index contributed by atoms with van der Waals surface area (Å²) in [6.45, 7) is 11.6. The van der Waals surface area contributed by atoms with Crippen LogP contribution in [0.25, 0.3) is 0 Å². The molecule has 0 saturated heterocycles. The quantitative estimate of drug-likeness (QED) is 0.0222. The number of phosphoric ester groups is 2. The molecule has 19 heteroatoms. The number of unbranched alkanes of at least 4 members (excludes halogenated alkanes) is 32. The average molecular weight is 1260 g/mol. The molecule has 0 aliphatic heterocycles. The minimum Gasteiger partial charge on any atom is -0.462 e. The lowest BCUT2D eigenvalue weighted by atomic mass is 10.0. The Morgan fingerprint density at radius 1 is 0.318 bits per heavy atom. The molecule has 0 saturated carbocycles. The molecular formula is C66H128O17P2. The van der Waals surface area contributed by atoms with Crippen LogP contribution in [0, 0.1) is 17.8 Å². The topological polar surface area (TPSA) is 237 Å². The van der Waals surface area contributed by atoms with Crippen molar-refractivity contribution in [1.82, 2.24) is 0 Å². The Balaban J connectivity index is 5.22. The number of carbonyl (C=O) groups excluding carboxylic acids is 4. The Bertz CT molecular complexity index is 1680. The van der Waals surface area contributed by atoms with Crippen LogP contribution in [0.1, 0.15) is 325 Å². The third kappa shape index (κ3) is 60.7. The predicted octanol–water partition coefficient (Wildman–Crippen LogP) is 18.3. The van der Waals surface area contributed by atoms with Crippen LogP contribution in [0.3, 0.4) is 0 Å². The summed E-state index contributed by atoms with van der Waals surface area (Å²) in [6, 6.07) is 0. The molecule has 0 aliphatic rings. The van der Waals surface area contributed by atoms with Gasteiger partial charge < -0.3 is 33.8 Å². The van der Waals surface area contributed by atoms with Crippen molar-refractivity contribution in [1.29, 1.82) is 0 Å². The largest absolute Gasteiger partial charge is 0.472 e. The SMILES string of the molecule is CCCCCCCCCCCCCCCCCCC(=O)O[C@H](COC(=O)CCCCCCCCCC(C)C)COP(=O)(O)OC[C@@H](O)COP(=O)(O)OC[C@@H](COC(=O)CCCCCCCCC(C)C)OC(=O)CCCCCCCCCC(C)C. The van der Waals surface area contributed by atoms with Crippen molar-refractivity contribution in [3.8, 4) is 0 Å². The third-order valence-corrected chi connectivity index (χ3v) is 17.0. The summed E-state index contributed by atoms with van der Waals surface area (Å²) in [6.07, 6.45) is 39.3. The van der Waals surface area contributed by atoms with Gasteiger partial charge in [0.15, 0.2) is 12.2 Å². The highest BCUT2D eigenvalue weighted by Crippen LogP contribution is 2.45. The molecule has 0 rings (SSSR count). The maximum Gasteiger partial charge on any atom is 0.472 e. The van der Waals surface area contributed by atoms with Gasteiger partial charge in [0, 0.05) is 25.7 Å². The Morgan fingerprint density at radius 2 is 0.541 bits per heavy atom. The van der Waals surface area contributed by atoms with Crippen LogP contribution in [0.5, 0.6) is 0 Å². The third-order valence-electron chi connectivity index (χ3n) is 15.1. The van der Waals surface area contributed by atoms with Gasteiger partial charge in [-0.1, -0.05) is 273 Å². The molecule has 0 aromatic carbocycles. The monoisotopic (exact) mass is 1250 g/mol. The van der Waals surface area contributed by atoms with Gasteiger partial charge in [-0.25, -0.2) is 9.13 Å². The second-order valence-electron chi connectivity index (χ2n) is 25.3. The second kappa shape index (κ2) is 57.2. The second-order valence-corrected chi connectivity index (χ2v) is 28.2. The van der Waals surface area contributed by atoms with Gasteiger partial charge in [-0.3, -0.25) is 37.3 Å². The predicted molar refractivity (Wildman–Crippen MR) is 340 cm³/mol. The molecule has 0 aromatic rings. The summed E-state index contributed by atoms with van der Waals surface area (Å²) >= 11 is 0. The summed E-state index contributed by atoms with van der Waals surface area (Å²) in [5.41, 5.74) is 0. The van der Waals surface area contributed by atoms with E-state index < -0.39 is 97.5 Å². The van der Waals surface area contributed by atoms with Crippen molar-refractivity contribution < 1.29 is 80.2 Å². The van der Waals surface area contributed by atoms with Gasteiger partial charge in [-0.2, -0.15) is 0 Å². The van der Waals surface area contributed by atoms with Crippen molar-refractivity contribution in [2.24, 2.45) is 17.8 Å². The zero-order valence-corrected chi connectivity index (χ0v) is 56.9. The molecule has 504 valence electrons. The van der Waals surface area contributed by atoms with Crippen LogP contribution in [0.2, 0.25) is 0 Å². The van der Waals surface area contributed by atoms with Crippen molar-refractivity contribution in [2.45, 2.75) is 343 Å². The van der Waals surface area contributed by atoms with Gasteiger partial charge in [0.1, 0.15) is 19.3 Å². The van der Waals surface area contributed by atoms with Gasteiger partial charge in [0.05, 0.1) is 26.4 Å². The van der Waals surface area contributed by atoms with Crippen LogP contribution in [-0.2, 0) is 65.4 Å². The van der Waals surface area contributed by atoms with Crippen molar-refractivity contribution in [3.63, 3.8) is 0 Å². The van der Waals surface area contributed by atoms with E-state index in [-0.39, 0.29) is 25.7 Å². The number of esters is 4. The number of aliphatic hydroxyl groups excluding tert-OH is 1. The van der Waals surface area contributed by atoms with Gasteiger partial charge in [0.25, 0.3) is 0 Å². The number of rotatable bonds is 64. The fourth-order valence-electron chi connectivity index (χ4n) is 9.83. The summed E-state index contributed by atoms with van der Waals surface area (Å²) < 4.78 is 68.0. The van der Waals surface area contributed by atoms with Crippen molar-refractivity contribution in [3.05, 3.63) is 0 Å². The Hall–Kier alpha value is -1.94. The van der Waals surface area contributed by atoms with E-state index in [1.54, 1.807) is 0 Å². The lowest BCUT2D eigenvalue weighted by Gasteiger charge is -2.21. The Kier molecular flexibility index (Phi) is 55.9. The lowest BCUT2D eigenvalue weighted by molar-refractivity contribution is -0.161. The summed E-state index contributed by atoms with van der Waals surface area (Å²) in [5, 5.41) is 10.5. The summed E-state index contributed by atoms with van der Waals surface area (Å²) in [4.78, 5) is 72.2. The molecule has 0 aliphatic carbocycles. The molecule has 0 bridgehead atoms. The minimum atomic E-state index is -4.95. The van der Waals surface area contributed by atoms with E-state index in [1.807, 2.05) is 0 Å². The normalized spacial score (nSPS) is 14.3. The first kappa shape index (κ1) is 83.1. The molecule has 85 heavy (non-hydrogen) atoms. The number of hydrogen-bond donors (Lipinski definition) is 3. The van der Waals surface area contributed by atoms with E-state index in [9.17, 15) is 43.2 Å². The molecule has 17 nitrogen and oxygen atoms in total. The molecule has 2 unspecified atom stereocenters. The number of hydrogen-bond acceptors (Lipinski definition) is 15. The van der Waals surface area contributed by atoms with Crippen LogP contribution >= 0.6 is 15.6 Å². The van der Waals surface area contributed by atoms with Gasteiger partial charge in [-0.05, 0) is 43.4 Å². The number of ether oxygens (including phenoxy) is 4. The zero-order chi connectivity index (χ0) is 63.1. The van der Waals surface area contributed by atoms with Crippen LogP contribution < -0.4 is 0 Å². The number of carbonyl (C=O) groups is 4. The fraction of sp³-hybridized carbons (Fsp3) is 0.939. The van der Waals surface area contributed by atoms with E-state index in [1.165, 1.54) is 122 Å². The standard InChI is InChI=1S/C66H128O17P2/c1-8-9-10-11-12-13-14-15-16-17-18-19-20-25-35-42-49-65(70)82-61(53-76-63(68)47-40-33-26-21-23-30-37-44-57(2)3)55-80-84(72,73)78-51-60(67)52-79-85(74,75)81-56-62(54-77-64(69)48-41-34-29-28-32-39-46-59(6)7)83-66(71)50-43-36-27-22-24-31-38-45-58(4)5/h57-62,67H,8-56H2,1-7H3,(H,72,73)(H,74,75)/t60-,61-,62-/m1/s1. The van der Waals surface area contributed by atoms with Crippen molar-refractivity contribution >= 4 is 39.5 Å². The van der Waals surface area contributed by atoms with E-state index in [4.69, 9.17) is 37.0 Å². The first-order chi connectivity index (χ1) is 40.7.